The molecule has 3 heteroatoms. The van der Waals surface area contributed by atoms with Gasteiger partial charge < -0.3 is 10.4 Å². The van der Waals surface area contributed by atoms with Crippen molar-refractivity contribution in [3.63, 3.8) is 0 Å². The Hall–Kier alpha value is -0.670. The SMILES string of the molecule is CC(CCc1ccc(O)cc1)NC1CSCCC1(C)C. The lowest BCUT2D eigenvalue weighted by atomic mass is 9.82. The van der Waals surface area contributed by atoms with E-state index in [0.29, 0.717) is 23.2 Å². The van der Waals surface area contributed by atoms with Crippen LogP contribution in [-0.4, -0.2) is 28.7 Å². The standard InChI is InChI=1S/C17H27NOS/c1-13(4-5-14-6-8-15(19)9-7-14)18-16-12-20-11-10-17(16,2)3/h6-9,13,16,18-19H,4-5,10-12H2,1-3H3. The predicted octanol–water partition coefficient (Wildman–Crippen LogP) is 3.83. The highest BCUT2D eigenvalue weighted by atomic mass is 32.2. The van der Waals surface area contributed by atoms with Crippen molar-refractivity contribution in [2.75, 3.05) is 11.5 Å². The Balaban J connectivity index is 1.80. The van der Waals surface area contributed by atoms with E-state index in [1.165, 1.54) is 23.5 Å². The molecule has 0 aromatic heterocycles. The van der Waals surface area contributed by atoms with Crippen LogP contribution < -0.4 is 5.32 Å². The van der Waals surface area contributed by atoms with Crippen LogP contribution in [-0.2, 0) is 6.42 Å². The zero-order chi connectivity index (χ0) is 14.6. The molecule has 20 heavy (non-hydrogen) atoms. The fourth-order valence-electron chi connectivity index (χ4n) is 2.68. The summed E-state index contributed by atoms with van der Waals surface area (Å²) < 4.78 is 0. The van der Waals surface area contributed by atoms with E-state index in [0.717, 1.165) is 12.8 Å². The molecular weight excluding hydrogens is 266 g/mol. The largest absolute Gasteiger partial charge is 0.508 e. The van der Waals surface area contributed by atoms with Gasteiger partial charge in [0.2, 0.25) is 0 Å². The zero-order valence-corrected chi connectivity index (χ0v) is 13.7. The minimum atomic E-state index is 0.348. The van der Waals surface area contributed by atoms with Gasteiger partial charge in [0.05, 0.1) is 0 Å². The highest BCUT2D eigenvalue weighted by molar-refractivity contribution is 7.99. The number of aryl methyl sites for hydroxylation is 1. The number of hydrogen-bond donors (Lipinski definition) is 2. The number of hydrogen-bond acceptors (Lipinski definition) is 3. The van der Waals surface area contributed by atoms with Crippen LogP contribution in [0.15, 0.2) is 24.3 Å². The molecule has 112 valence electrons. The number of phenolic OH excluding ortho intramolecular Hbond substituents is 1. The van der Waals surface area contributed by atoms with Gasteiger partial charge in [0.25, 0.3) is 0 Å². The highest BCUT2D eigenvalue weighted by Crippen LogP contribution is 2.34. The van der Waals surface area contributed by atoms with E-state index in [-0.39, 0.29) is 0 Å². The van der Waals surface area contributed by atoms with Crippen LogP contribution in [0.1, 0.15) is 39.2 Å². The Kier molecular flexibility index (Phi) is 5.39. The minimum Gasteiger partial charge on any atom is -0.508 e. The van der Waals surface area contributed by atoms with Crippen molar-refractivity contribution in [3.05, 3.63) is 29.8 Å². The second-order valence-corrected chi connectivity index (χ2v) is 7.79. The summed E-state index contributed by atoms with van der Waals surface area (Å²) in [5, 5.41) is 13.1. The Bertz CT molecular complexity index is 416. The molecule has 1 heterocycles. The fourth-order valence-corrected chi connectivity index (χ4v) is 4.30. The van der Waals surface area contributed by atoms with Gasteiger partial charge in [0.15, 0.2) is 0 Å². The van der Waals surface area contributed by atoms with Gasteiger partial charge in [-0.25, -0.2) is 0 Å². The summed E-state index contributed by atoms with van der Waals surface area (Å²) in [5.74, 6) is 2.88. The maximum Gasteiger partial charge on any atom is 0.115 e. The summed E-state index contributed by atoms with van der Waals surface area (Å²) in [5.41, 5.74) is 1.71. The smallest absolute Gasteiger partial charge is 0.115 e. The molecule has 2 atom stereocenters. The molecule has 0 radical (unpaired) electrons. The van der Waals surface area contributed by atoms with Crippen molar-refractivity contribution in [2.45, 2.75) is 52.1 Å². The molecule has 1 aromatic carbocycles. The average Bonchev–Trinajstić information content (AvgIpc) is 2.40. The first-order valence-corrected chi connectivity index (χ1v) is 8.74. The fraction of sp³-hybridized carbons (Fsp3) is 0.647. The first-order valence-electron chi connectivity index (χ1n) is 7.59. The van der Waals surface area contributed by atoms with Gasteiger partial charge in [-0.15, -0.1) is 0 Å². The number of phenols is 1. The number of thioether (sulfide) groups is 1. The summed E-state index contributed by atoms with van der Waals surface area (Å²) in [6.07, 6.45) is 3.51. The molecule has 2 unspecified atom stereocenters. The van der Waals surface area contributed by atoms with Crippen LogP contribution >= 0.6 is 11.8 Å². The van der Waals surface area contributed by atoms with Gasteiger partial charge in [-0.2, -0.15) is 11.8 Å². The second-order valence-electron chi connectivity index (χ2n) is 6.64. The number of nitrogens with one attached hydrogen (secondary N) is 1. The summed E-state index contributed by atoms with van der Waals surface area (Å²) in [6.45, 7) is 7.06. The van der Waals surface area contributed by atoms with Crippen molar-refractivity contribution in [1.82, 2.24) is 5.32 Å². The molecule has 1 aliphatic heterocycles. The van der Waals surface area contributed by atoms with Crippen LogP contribution in [0.4, 0.5) is 0 Å². The lowest BCUT2D eigenvalue weighted by molar-refractivity contribution is 0.228. The van der Waals surface area contributed by atoms with Gasteiger partial charge in [0, 0.05) is 17.8 Å². The number of aromatic hydroxyl groups is 1. The van der Waals surface area contributed by atoms with Gasteiger partial charge in [-0.1, -0.05) is 26.0 Å². The van der Waals surface area contributed by atoms with Crippen LogP contribution in [0.25, 0.3) is 0 Å². The molecule has 0 spiro atoms. The molecule has 1 fully saturated rings. The molecule has 0 aliphatic carbocycles. The molecule has 2 rings (SSSR count). The maximum absolute atomic E-state index is 9.29. The van der Waals surface area contributed by atoms with Crippen molar-refractivity contribution in [2.24, 2.45) is 5.41 Å². The molecule has 2 nitrogen and oxygen atoms in total. The third-order valence-electron chi connectivity index (χ3n) is 4.41. The maximum atomic E-state index is 9.29. The Morgan fingerprint density at radius 2 is 2.05 bits per heavy atom. The molecule has 1 saturated heterocycles. The van der Waals surface area contributed by atoms with Gasteiger partial charge in [0.1, 0.15) is 5.75 Å². The second kappa shape index (κ2) is 6.86. The van der Waals surface area contributed by atoms with Crippen molar-refractivity contribution < 1.29 is 5.11 Å². The van der Waals surface area contributed by atoms with E-state index in [1.807, 2.05) is 12.1 Å². The zero-order valence-electron chi connectivity index (χ0n) is 12.9. The number of rotatable bonds is 5. The third kappa shape index (κ3) is 4.42. The summed E-state index contributed by atoms with van der Waals surface area (Å²) in [6, 6.07) is 8.73. The molecule has 0 bridgehead atoms. The number of benzene rings is 1. The summed E-state index contributed by atoms with van der Waals surface area (Å²) in [7, 11) is 0. The molecular formula is C17H27NOS. The quantitative estimate of drug-likeness (QED) is 0.865. The first kappa shape index (κ1) is 15.7. The molecule has 0 amide bonds. The van der Waals surface area contributed by atoms with Gasteiger partial charge in [-0.05, 0) is 55.1 Å². The summed E-state index contributed by atoms with van der Waals surface area (Å²) >= 11 is 2.07. The molecule has 0 saturated carbocycles. The van der Waals surface area contributed by atoms with Gasteiger partial charge >= 0.3 is 0 Å². The Morgan fingerprint density at radius 3 is 2.70 bits per heavy atom. The normalized spacial score (nSPS) is 23.4. The third-order valence-corrected chi connectivity index (χ3v) is 5.47. The molecule has 2 N–H and O–H groups in total. The highest BCUT2D eigenvalue weighted by Gasteiger charge is 2.32. The first-order chi connectivity index (χ1) is 9.47. The molecule has 1 aromatic rings. The Morgan fingerprint density at radius 1 is 1.35 bits per heavy atom. The van der Waals surface area contributed by atoms with E-state index in [1.54, 1.807) is 12.1 Å². The van der Waals surface area contributed by atoms with E-state index in [4.69, 9.17) is 0 Å². The lowest BCUT2D eigenvalue weighted by Crippen LogP contribution is -2.49. The summed E-state index contributed by atoms with van der Waals surface area (Å²) in [4.78, 5) is 0. The average molecular weight is 293 g/mol. The minimum absolute atomic E-state index is 0.348. The van der Waals surface area contributed by atoms with Crippen LogP contribution in [0.5, 0.6) is 5.75 Å². The monoisotopic (exact) mass is 293 g/mol. The van der Waals surface area contributed by atoms with Crippen molar-refractivity contribution >= 4 is 11.8 Å². The Labute approximate surface area is 127 Å². The van der Waals surface area contributed by atoms with Crippen molar-refractivity contribution in [3.8, 4) is 5.75 Å². The predicted molar refractivity (Wildman–Crippen MR) is 88.5 cm³/mol. The van der Waals surface area contributed by atoms with Crippen molar-refractivity contribution in [1.29, 1.82) is 0 Å². The lowest BCUT2D eigenvalue weighted by Gasteiger charge is -2.40. The van der Waals surface area contributed by atoms with Crippen LogP contribution in [0, 0.1) is 5.41 Å². The van der Waals surface area contributed by atoms with E-state index < -0.39 is 0 Å². The van der Waals surface area contributed by atoms with Crippen LogP contribution in [0.2, 0.25) is 0 Å². The van der Waals surface area contributed by atoms with Crippen LogP contribution in [0.3, 0.4) is 0 Å². The van der Waals surface area contributed by atoms with E-state index >= 15 is 0 Å². The molecule has 1 aliphatic rings. The van der Waals surface area contributed by atoms with E-state index in [9.17, 15) is 5.11 Å². The van der Waals surface area contributed by atoms with E-state index in [2.05, 4.69) is 37.8 Å². The topological polar surface area (TPSA) is 32.3 Å². The van der Waals surface area contributed by atoms with Gasteiger partial charge in [-0.3, -0.25) is 0 Å².